The van der Waals surface area contributed by atoms with E-state index in [1.807, 2.05) is 11.3 Å². The van der Waals surface area contributed by atoms with Crippen molar-refractivity contribution in [3.63, 3.8) is 0 Å². The summed E-state index contributed by atoms with van der Waals surface area (Å²) in [5, 5.41) is 2.21. The quantitative estimate of drug-likeness (QED) is 0.774. The summed E-state index contributed by atoms with van der Waals surface area (Å²) in [5.41, 5.74) is 3.20. The molecule has 1 aliphatic carbocycles. The summed E-state index contributed by atoms with van der Waals surface area (Å²) in [6.07, 6.45) is 7.60. The van der Waals surface area contributed by atoms with Crippen LogP contribution in [-0.4, -0.2) is 24.6 Å². The van der Waals surface area contributed by atoms with Crippen LogP contribution >= 0.6 is 11.3 Å². The molecule has 2 atom stereocenters. The molecule has 0 spiro atoms. The number of nitrogens with zero attached hydrogens (tertiary/aromatic N) is 1. The van der Waals surface area contributed by atoms with E-state index < -0.39 is 0 Å². The molecule has 1 saturated heterocycles. The van der Waals surface area contributed by atoms with E-state index in [1.165, 1.54) is 61.1 Å². The van der Waals surface area contributed by atoms with Crippen molar-refractivity contribution in [1.29, 1.82) is 0 Å². The lowest BCUT2D eigenvalue weighted by molar-refractivity contribution is 0.0704. The third kappa shape index (κ3) is 2.78. The SMILES string of the molecule is COc1ccc2c(c1)CCCC2(C)N1CCCC1Cc1cccs1. The average Bonchev–Trinajstić information content (AvgIpc) is 3.27. The molecule has 0 saturated carbocycles. The number of benzene rings is 1. The van der Waals surface area contributed by atoms with E-state index in [0.29, 0.717) is 6.04 Å². The van der Waals surface area contributed by atoms with Crippen LogP contribution in [0.5, 0.6) is 5.75 Å². The van der Waals surface area contributed by atoms with Gasteiger partial charge in [-0.1, -0.05) is 12.1 Å². The average molecular weight is 342 g/mol. The molecule has 4 rings (SSSR count). The summed E-state index contributed by atoms with van der Waals surface area (Å²) in [5.74, 6) is 0.995. The molecule has 1 aliphatic heterocycles. The van der Waals surface area contributed by atoms with Gasteiger partial charge in [0.1, 0.15) is 5.75 Å². The van der Waals surface area contributed by atoms with Crippen molar-refractivity contribution < 1.29 is 4.74 Å². The third-order valence-electron chi connectivity index (χ3n) is 6.03. The molecule has 24 heavy (non-hydrogen) atoms. The third-order valence-corrected chi connectivity index (χ3v) is 6.93. The number of fused-ring (bicyclic) bond motifs is 1. The minimum Gasteiger partial charge on any atom is -0.497 e. The maximum atomic E-state index is 5.45. The van der Waals surface area contributed by atoms with E-state index in [0.717, 1.165) is 5.75 Å². The largest absolute Gasteiger partial charge is 0.497 e. The van der Waals surface area contributed by atoms with Gasteiger partial charge in [0, 0.05) is 16.5 Å². The van der Waals surface area contributed by atoms with Gasteiger partial charge in [0.2, 0.25) is 0 Å². The molecule has 1 aromatic heterocycles. The molecular weight excluding hydrogens is 314 g/mol. The number of hydrogen-bond acceptors (Lipinski definition) is 3. The van der Waals surface area contributed by atoms with E-state index in [4.69, 9.17) is 4.74 Å². The first-order valence-electron chi connectivity index (χ1n) is 9.17. The fourth-order valence-corrected chi connectivity index (χ4v) is 5.62. The van der Waals surface area contributed by atoms with E-state index >= 15 is 0 Å². The van der Waals surface area contributed by atoms with Crippen LogP contribution in [0.4, 0.5) is 0 Å². The Labute approximate surface area is 149 Å². The number of likely N-dealkylation sites (tertiary alicyclic amines) is 1. The first-order chi connectivity index (χ1) is 11.7. The molecule has 0 amide bonds. The normalized spacial score (nSPS) is 27.2. The van der Waals surface area contributed by atoms with Crippen LogP contribution in [0.3, 0.4) is 0 Å². The van der Waals surface area contributed by atoms with Crippen molar-refractivity contribution in [3.8, 4) is 5.75 Å². The first kappa shape index (κ1) is 16.2. The standard InChI is InChI=1S/C21H27NOS/c1-21(11-3-6-16-14-18(23-2)9-10-20(16)21)22-12-4-7-17(22)15-19-8-5-13-24-19/h5,8-10,13-14,17H,3-4,6-7,11-12,15H2,1-2H3. The molecule has 2 aromatic rings. The topological polar surface area (TPSA) is 12.5 Å². The molecular formula is C21H27NOS. The second kappa shape index (κ2) is 6.53. The van der Waals surface area contributed by atoms with Crippen LogP contribution in [0, 0.1) is 0 Å². The highest BCUT2D eigenvalue weighted by Crippen LogP contribution is 2.44. The van der Waals surface area contributed by atoms with E-state index in [-0.39, 0.29) is 5.54 Å². The molecule has 2 nitrogen and oxygen atoms in total. The van der Waals surface area contributed by atoms with Crippen molar-refractivity contribution in [3.05, 3.63) is 51.7 Å². The van der Waals surface area contributed by atoms with Crippen LogP contribution < -0.4 is 4.74 Å². The summed E-state index contributed by atoms with van der Waals surface area (Å²) in [4.78, 5) is 4.35. The van der Waals surface area contributed by atoms with Crippen molar-refractivity contribution in [2.75, 3.05) is 13.7 Å². The Hall–Kier alpha value is -1.32. The van der Waals surface area contributed by atoms with Gasteiger partial charge in [0.25, 0.3) is 0 Å². The molecule has 1 aromatic carbocycles. The highest BCUT2D eigenvalue weighted by molar-refractivity contribution is 7.09. The van der Waals surface area contributed by atoms with Gasteiger partial charge in [0.05, 0.1) is 7.11 Å². The Morgan fingerprint density at radius 1 is 1.29 bits per heavy atom. The fraction of sp³-hybridized carbons (Fsp3) is 0.524. The zero-order valence-electron chi connectivity index (χ0n) is 14.8. The number of rotatable bonds is 4. The monoisotopic (exact) mass is 341 g/mol. The molecule has 2 unspecified atom stereocenters. The number of thiophene rings is 1. The lowest BCUT2D eigenvalue weighted by atomic mass is 9.76. The highest BCUT2D eigenvalue weighted by atomic mass is 32.1. The van der Waals surface area contributed by atoms with E-state index in [2.05, 4.69) is 47.5 Å². The Morgan fingerprint density at radius 3 is 3.00 bits per heavy atom. The Bertz CT molecular complexity index is 696. The highest BCUT2D eigenvalue weighted by Gasteiger charge is 2.42. The summed E-state index contributed by atoms with van der Waals surface area (Å²) < 4.78 is 5.45. The predicted molar refractivity (Wildman–Crippen MR) is 101 cm³/mol. The molecule has 2 heterocycles. The lowest BCUT2D eigenvalue weighted by Crippen LogP contribution is -2.49. The molecule has 1 fully saturated rings. The Balaban J connectivity index is 1.65. The van der Waals surface area contributed by atoms with Crippen molar-refractivity contribution in [2.45, 2.75) is 57.0 Å². The fourth-order valence-electron chi connectivity index (χ4n) is 4.84. The van der Waals surface area contributed by atoms with Gasteiger partial charge in [-0.2, -0.15) is 0 Å². The molecule has 0 N–H and O–H groups in total. The Morgan fingerprint density at radius 2 is 2.21 bits per heavy atom. The van der Waals surface area contributed by atoms with E-state index in [1.54, 1.807) is 7.11 Å². The van der Waals surface area contributed by atoms with Crippen molar-refractivity contribution in [2.24, 2.45) is 0 Å². The molecule has 0 radical (unpaired) electrons. The zero-order valence-corrected chi connectivity index (χ0v) is 15.6. The van der Waals surface area contributed by atoms with Gasteiger partial charge in [-0.15, -0.1) is 11.3 Å². The van der Waals surface area contributed by atoms with Crippen LogP contribution in [-0.2, 0) is 18.4 Å². The molecule has 3 heteroatoms. The zero-order chi connectivity index (χ0) is 16.6. The van der Waals surface area contributed by atoms with Gasteiger partial charge >= 0.3 is 0 Å². The molecule has 0 bridgehead atoms. The number of aryl methyl sites for hydroxylation is 1. The van der Waals surface area contributed by atoms with Crippen molar-refractivity contribution in [1.82, 2.24) is 4.90 Å². The van der Waals surface area contributed by atoms with Crippen LogP contribution in [0.15, 0.2) is 35.7 Å². The van der Waals surface area contributed by atoms with Crippen molar-refractivity contribution >= 4 is 11.3 Å². The van der Waals surface area contributed by atoms with Gasteiger partial charge in [-0.05, 0) is 86.7 Å². The molecule has 2 aliphatic rings. The lowest BCUT2D eigenvalue weighted by Gasteiger charge is -2.46. The minimum atomic E-state index is 0.179. The minimum absolute atomic E-state index is 0.179. The maximum Gasteiger partial charge on any atom is 0.119 e. The Kier molecular flexibility index (Phi) is 4.40. The van der Waals surface area contributed by atoms with Crippen LogP contribution in [0.25, 0.3) is 0 Å². The second-order valence-electron chi connectivity index (χ2n) is 7.42. The van der Waals surface area contributed by atoms with Gasteiger partial charge < -0.3 is 4.74 Å². The van der Waals surface area contributed by atoms with Crippen LogP contribution in [0.2, 0.25) is 0 Å². The number of hydrogen-bond donors (Lipinski definition) is 0. The second-order valence-corrected chi connectivity index (χ2v) is 8.46. The van der Waals surface area contributed by atoms with Gasteiger partial charge in [-0.3, -0.25) is 4.90 Å². The number of methoxy groups -OCH3 is 1. The summed E-state index contributed by atoms with van der Waals surface area (Å²) in [6.45, 7) is 3.71. The van der Waals surface area contributed by atoms with Crippen LogP contribution in [0.1, 0.15) is 48.6 Å². The smallest absolute Gasteiger partial charge is 0.119 e. The first-order valence-corrected chi connectivity index (χ1v) is 10.1. The number of ether oxygens (including phenoxy) is 1. The van der Waals surface area contributed by atoms with E-state index in [9.17, 15) is 0 Å². The molecule has 128 valence electrons. The van der Waals surface area contributed by atoms with Gasteiger partial charge in [0.15, 0.2) is 0 Å². The summed E-state index contributed by atoms with van der Waals surface area (Å²) >= 11 is 1.90. The summed E-state index contributed by atoms with van der Waals surface area (Å²) in [7, 11) is 1.77. The predicted octanol–water partition coefficient (Wildman–Crippen LogP) is 5.02. The van der Waals surface area contributed by atoms with Gasteiger partial charge in [-0.25, -0.2) is 0 Å². The summed E-state index contributed by atoms with van der Waals surface area (Å²) in [6, 6.07) is 11.9. The maximum absolute atomic E-state index is 5.45.